The number of aliphatic hydroxyl groups is 1. The number of hydrogen-bond acceptors (Lipinski definition) is 6. The average molecular weight is 691 g/mol. The van der Waals surface area contributed by atoms with Crippen LogP contribution in [-0.2, 0) is 18.4 Å². The molecule has 0 aromatic rings. The maximum Gasteiger partial charge on any atom is 0.472 e. The minimum Gasteiger partial charge on any atom is -0.391 e. The number of aliphatic hydroxyl groups excluding tert-OH is 1. The molecule has 8 nitrogen and oxygen atoms in total. The number of hydrogen-bond donors (Lipinski definition) is 4. The Morgan fingerprint density at radius 3 is 1.36 bits per heavy atom. The van der Waals surface area contributed by atoms with Gasteiger partial charge >= 0.3 is 7.82 Å². The van der Waals surface area contributed by atoms with E-state index in [1.807, 2.05) is 0 Å². The zero-order valence-electron chi connectivity index (χ0n) is 31.0. The first-order valence-electron chi connectivity index (χ1n) is 20.2. The first-order chi connectivity index (χ1) is 22.9. The third-order valence-electron chi connectivity index (χ3n) is 9.21. The van der Waals surface area contributed by atoms with Gasteiger partial charge in [0.15, 0.2) is 0 Å². The predicted molar refractivity (Wildman–Crippen MR) is 199 cm³/mol. The lowest BCUT2D eigenvalue weighted by Crippen LogP contribution is -2.46. The van der Waals surface area contributed by atoms with Crippen molar-refractivity contribution in [3.8, 4) is 0 Å². The summed E-state index contributed by atoms with van der Waals surface area (Å²) in [6.45, 7) is 4.17. The Hall–Kier alpha value is -0.500. The van der Waals surface area contributed by atoms with Crippen LogP contribution >= 0.6 is 7.82 Å². The van der Waals surface area contributed by atoms with Gasteiger partial charge in [0.05, 0.1) is 25.4 Å². The number of unbranched alkanes of at least 4 members (excludes halogenated alkanes) is 26. The van der Waals surface area contributed by atoms with Crippen LogP contribution in [0.1, 0.15) is 206 Å². The molecule has 0 saturated heterocycles. The second-order valence-electron chi connectivity index (χ2n) is 13.9. The van der Waals surface area contributed by atoms with Gasteiger partial charge in [-0.25, -0.2) is 4.57 Å². The van der Waals surface area contributed by atoms with E-state index >= 15 is 0 Å². The van der Waals surface area contributed by atoms with E-state index in [-0.39, 0.29) is 25.7 Å². The molecule has 47 heavy (non-hydrogen) atoms. The largest absolute Gasteiger partial charge is 0.472 e. The fraction of sp³-hybridized carbons (Fsp3) is 0.974. The summed E-state index contributed by atoms with van der Waals surface area (Å²) in [6, 6.07) is -0.764. The highest BCUT2D eigenvalue weighted by Crippen LogP contribution is 2.43. The molecule has 0 aromatic carbocycles. The highest BCUT2D eigenvalue weighted by atomic mass is 31.2. The van der Waals surface area contributed by atoms with Gasteiger partial charge in [-0.2, -0.15) is 0 Å². The molecule has 0 aliphatic heterocycles. The molecule has 282 valence electrons. The van der Waals surface area contributed by atoms with Gasteiger partial charge < -0.3 is 21.1 Å². The van der Waals surface area contributed by atoms with Crippen molar-refractivity contribution in [2.24, 2.45) is 5.73 Å². The molecule has 0 aliphatic carbocycles. The molecular weight excluding hydrogens is 611 g/mol. The Morgan fingerprint density at radius 1 is 0.617 bits per heavy atom. The molecule has 9 heteroatoms. The molecule has 0 saturated carbocycles. The van der Waals surface area contributed by atoms with E-state index in [4.69, 9.17) is 14.8 Å². The first kappa shape index (κ1) is 46.5. The van der Waals surface area contributed by atoms with E-state index in [1.165, 1.54) is 141 Å². The fourth-order valence-electron chi connectivity index (χ4n) is 6.14. The molecule has 3 atom stereocenters. The second-order valence-corrected chi connectivity index (χ2v) is 15.3. The molecule has 0 aromatic heterocycles. The number of carbonyl (C=O) groups excluding carboxylic acids is 1. The highest BCUT2D eigenvalue weighted by molar-refractivity contribution is 7.47. The number of rotatable bonds is 38. The van der Waals surface area contributed by atoms with Crippen molar-refractivity contribution in [1.82, 2.24) is 5.32 Å². The molecule has 3 unspecified atom stereocenters. The maximum absolute atomic E-state index is 12.7. The van der Waals surface area contributed by atoms with Crippen molar-refractivity contribution < 1.29 is 28.4 Å². The van der Waals surface area contributed by atoms with E-state index in [9.17, 15) is 19.4 Å². The van der Waals surface area contributed by atoms with Crippen LogP contribution in [0.2, 0.25) is 0 Å². The van der Waals surface area contributed by atoms with E-state index < -0.39 is 20.0 Å². The maximum atomic E-state index is 12.7. The Bertz CT molecular complexity index is 714. The van der Waals surface area contributed by atoms with E-state index in [1.54, 1.807) is 0 Å². The highest BCUT2D eigenvalue weighted by Gasteiger charge is 2.27. The van der Waals surface area contributed by atoms with Crippen LogP contribution in [0.3, 0.4) is 0 Å². The Kier molecular flexibility index (Phi) is 35.0. The van der Waals surface area contributed by atoms with Crippen molar-refractivity contribution in [3.63, 3.8) is 0 Å². The number of phosphoric ester groups is 1. The summed E-state index contributed by atoms with van der Waals surface area (Å²) >= 11 is 0. The van der Waals surface area contributed by atoms with E-state index in [2.05, 4.69) is 19.2 Å². The molecule has 0 rings (SSSR count). The SMILES string of the molecule is CCCCCCCCCCCCCCCCCCCCCCCC(=O)NC(COP(=O)(O)OCCN)C(O)CCCCCCCCC. The zero-order chi connectivity index (χ0) is 34.7. The van der Waals surface area contributed by atoms with Crippen molar-refractivity contribution in [2.75, 3.05) is 19.8 Å². The normalized spacial score (nSPS) is 14.2. The van der Waals surface area contributed by atoms with E-state index in [0.29, 0.717) is 12.8 Å². The van der Waals surface area contributed by atoms with E-state index in [0.717, 1.165) is 38.5 Å². The molecule has 5 N–H and O–H groups in total. The average Bonchev–Trinajstić information content (AvgIpc) is 3.05. The smallest absolute Gasteiger partial charge is 0.391 e. The van der Waals surface area contributed by atoms with Crippen molar-refractivity contribution in [1.29, 1.82) is 0 Å². The number of carbonyl (C=O) groups is 1. The van der Waals surface area contributed by atoms with Crippen LogP contribution in [0.15, 0.2) is 0 Å². The lowest BCUT2D eigenvalue weighted by molar-refractivity contribution is -0.123. The lowest BCUT2D eigenvalue weighted by Gasteiger charge is -2.25. The van der Waals surface area contributed by atoms with Crippen LogP contribution in [0, 0.1) is 0 Å². The van der Waals surface area contributed by atoms with Gasteiger partial charge in [-0.15, -0.1) is 0 Å². The molecule has 0 spiro atoms. The Balaban J connectivity index is 3.95. The molecule has 0 aliphatic rings. The fourth-order valence-corrected chi connectivity index (χ4v) is 6.90. The first-order valence-corrected chi connectivity index (χ1v) is 21.6. The predicted octanol–water partition coefficient (Wildman–Crippen LogP) is 10.7. The second kappa shape index (κ2) is 35.3. The van der Waals surface area contributed by atoms with Crippen molar-refractivity contribution in [2.45, 2.75) is 219 Å². The van der Waals surface area contributed by atoms with Gasteiger partial charge in [-0.3, -0.25) is 13.8 Å². The van der Waals surface area contributed by atoms with Crippen LogP contribution in [0.25, 0.3) is 0 Å². The summed E-state index contributed by atoms with van der Waals surface area (Å²) in [5, 5.41) is 13.6. The van der Waals surface area contributed by atoms with Gasteiger partial charge in [-0.1, -0.05) is 187 Å². The Labute approximate surface area is 291 Å². The topological polar surface area (TPSA) is 131 Å². The summed E-state index contributed by atoms with van der Waals surface area (Å²) in [5.74, 6) is -0.161. The summed E-state index contributed by atoms with van der Waals surface area (Å²) in [6.07, 6.45) is 35.6. The van der Waals surface area contributed by atoms with Gasteiger partial charge in [0.2, 0.25) is 5.91 Å². The summed E-state index contributed by atoms with van der Waals surface area (Å²) < 4.78 is 22.0. The lowest BCUT2D eigenvalue weighted by atomic mass is 10.0. The third-order valence-corrected chi connectivity index (χ3v) is 10.2. The number of phosphoric acid groups is 1. The monoisotopic (exact) mass is 691 g/mol. The number of nitrogens with two attached hydrogens (primary N) is 1. The Morgan fingerprint density at radius 2 is 0.979 bits per heavy atom. The minimum atomic E-state index is -4.30. The van der Waals surface area contributed by atoms with Gasteiger partial charge in [0.1, 0.15) is 0 Å². The molecule has 1 amide bonds. The molecular formula is C38H79N2O6P. The van der Waals surface area contributed by atoms with Gasteiger partial charge in [0, 0.05) is 13.0 Å². The van der Waals surface area contributed by atoms with Gasteiger partial charge in [0.25, 0.3) is 0 Å². The minimum absolute atomic E-state index is 0.0917. The standard InChI is InChI=1S/C38H79N2O6P/c1-3-5-7-9-11-12-13-14-15-16-17-18-19-20-21-22-23-24-26-28-30-32-38(42)40-36(35-46-47(43,44)45-34-33-39)37(41)31-29-27-25-10-8-6-4-2/h36-37,41H,3-35,39H2,1-2H3,(H,40,42)(H,43,44). The van der Waals surface area contributed by atoms with Crippen LogP contribution in [-0.4, -0.2) is 47.8 Å². The van der Waals surface area contributed by atoms with Crippen molar-refractivity contribution >= 4 is 13.7 Å². The number of amides is 1. The molecule has 0 radical (unpaired) electrons. The molecule has 0 bridgehead atoms. The summed E-state index contributed by atoms with van der Waals surface area (Å²) in [5.41, 5.74) is 5.35. The summed E-state index contributed by atoms with van der Waals surface area (Å²) in [7, 11) is -4.30. The van der Waals surface area contributed by atoms with Crippen LogP contribution in [0.4, 0.5) is 0 Å². The van der Waals surface area contributed by atoms with Crippen LogP contribution < -0.4 is 11.1 Å². The number of nitrogens with one attached hydrogen (secondary N) is 1. The zero-order valence-corrected chi connectivity index (χ0v) is 31.9. The van der Waals surface area contributed by atoms with Crippen LogP contribution in [0.5, 0.6) is 0 Å². The summed E-state index contributed by atoms with van der Waals surface area (Å²) in [4.78, 5) is 22.6. The quantitative estimate of drug-likeness (QED) is 0.0374. The van der Waals surface area contributed by atoms with Gasteiger partial charge in [-0.05, 0) is 12.8 Å². The molecule has 0 fully saturated rings. The molecule has 0 heterocycles. The third kappa shape index (κ3) is 33.8. The van der Waals surface area contributed by atoms with Crippen molar-refractivity contribution in [3.05, 3.63) is 0 Å².